The maximum Gasteiger partial charge on any atom is 0.315 e. The maximum atomic E-state index is 11.9. The molecule has 1 aromatic rings. The molecule has 6 nitrogen and oxygen atoms in total. The monoisotopic (exact) mass is 319 g/mol. The Balaban J connectivity index is 1.49. The molecule has 2 heterocycles. The number of ether oxygens (including phenoxy) is 1. The van der Waals surface area contributed by atoms with E-state index in [4.69, 9.17) is 4.74 Å². The summed E-state index contributed by atoms with van der Waals surface area (Å²) >= 11 is 0. The smallest absolute Gasteiger partial charge is 0.315 e. The molecule has 3 rings (SSSR count). The molecule has 0 radical (unpaired) electrons. The summed E-state index contributed by atoms with van der Waals surface area (Å²) in [6, 6.07) is 5.96. The van der Waals surface area contributed by atoms with E-state index in [9.17, 15) is 9.90 Å². The SMILES string of the molecule is CN1CCc2cc(C(O)CNC(=O)NC3CCOCC3)ccc21. The second kappa shape index (κ2) is 7.19. The second-order valence-electron chi connectivity index (χ2n) is 6.32. The standard InChI is InChI=1S/C17H25N3O3/c1-20-7-4-12-10-13(2-3-15(12)20)16(21)11-18-17(22)19-14-5-8-23-9-6-14/h2-3,10,14,16,21H,4-9,11H2,1H3,(H2,18,19,22). The number of carbonyl (C=O) groups is 1. The van der Waals surface area contributed by atoms with Crippen LogP contribution < -0.4 is 15.5 Å². The van der Waals surface area contributed by atoms with Crippen LogP contribution >= 0.6 is 0 Å². The lowest BCUT2D eigenvalue weighted by atomic mass is 10.0. The number of amides is 2. The van der Waals surface area contributed by atoms with Crippen molar-refractivity contribution in [2.24, 2.45) is 0 Å². The summed E-state index contributed by atoms with van der Waals surface area (Å²) in [6.07, 6.45) is 2.00. The van der Waals surface area contributed by atoms with Gasteiger partial charge in [-0.25, -0.2) is 4.79 Å². The average Bonchev–Trinajstić information content (AvgIpc) is 2.94. The van der Waals surface area contributed by atoms with Crippen LogP contribution in [0.25, 0.3) is 0 Å². The van der Waals surface area contributed by atoms with Crippen molar-refractivity contribution in [2.75, 3.05) is 38.3 Å². The molecule has 0 spiro atoms. The Morgan fingerprint density at radius 3 is 3.00 bits per heavy atom. The summed E-state index contributed by atoms with van der Waals surface area (Å²) < 4.78 is 5.27. The Labute approximate surface area is 136 Å². The largest absolute Gasteiger partial charge is 0.387 e. The van der Waals surface area contributed by atoms with Crippen molar-refractivity contribution in [3.05, 3.63) is 29.3 Å². The molecule has 6 heteroatoms. The molecule has 1 atom stereocenters. The fourth-order valence-electron chi connectivity index (χ4n) is 3.18. The fraction of sp³-hybridized carbons (Fsp3) is 0.588. The highest BCUT2D eigenvalue weighted by Gasteiger charge is 2.19. The first kappa shape index (κ1) is 16.1. The van der Waals surface area contributed by atoms with Gasteiger partial charge in [-0.15, -0.1) is 0 Å². The number of aliphatic hydroxyl groups excluding tert-OH is 1. The zero-order valence-electron chi connectivity index (χ0n) is 13.5. The van der Waals surface area contributed by atoms with E-state index >= 15 is 0 Å². The van der Waals surface area contributed by atoms with Crippen LogP contribution in [0.15, 0.2) is 18.2 Å². The van der Waals surface area contributed by atoms with Crippen LogP contribution in [0.1, 0.15) is 30.1 Å². The quantitative estimate of drug-likeness (QED) is 0.779. The third kappa shape index (κ3) is 3.95. The van der Waals surface area contributed by atoms with Crippen LogP contribution in [0.3, 0.4) is 0 Å². The molecule has 23 heavy (non-hydrogen) atoms. The molecule has 0 saturated carbocycles. The number of anilines is 1. The lowest BCUT2D eigenvalue weighted by molar-refractivity contribution is 0.0798. The van der Waals surface area contributed by atoms with E-state index in [1.165, 1.54) is 11.3 Å². The van der Waals surface area contributed by atoms with Gasteiger partial charge in [-0.2, -0.15) is 0 Å². The lowest BCUT2D eigenvalue weighted by Gasteiger charge is -2.23. The molecule has 1 aromatic carbocycles. The van der Waals surface area contributed by atoms with Gasteiger partial charge in [0.25, 0.3) is 0 Å². The first-order valence-corrected chi connectivity index (χ1v) is 8.27. The number of benzene rings is 1. The van der Waals surface area contributed by atoms with Crippen LogP contribution in [0.5, 0.6) is 0 Å². The maximum absolute atomic E-state index is 11.9. The second-order valence-corrected chi connectivity index (χ2v) is 6.32. The van der Waals surface area contributed by atoms with Crippen molar-refractivity contribution < 1.29 is 14.6 Å². The number of aliphatic hydroxyl groups is 1. The summed E-state index contributed by atoms with van der Waals surface area (Å²) in [5, 5.41) is 16.0. The van der Waals surface area contributed by atoms with Crippen LogP contribution in [-0.2, 0) is 11.2 Å². The average molecular weight is 319 g/mol. The highest BCUT2D eigenvalue weighted by molar-refractivity contribution is 5.74. The molecular weight excluding hydrogens is 294 g/mol. The van der Waals surface area contributed by atoms with E-state index in [0.29, 0.717) is 13.2 Å². The van der Waals surface area contributed by atoms with Crippen LogP contribution in [0.4, 0.5) is 10.5 Å². The van der Waals surface area contributed by atoms with Gasteiger partial charge < -0.3 is 25.4 Å². The Morgan fingerprint density at radius 2 is 2.22 bits per heavy atom. The Hall–Kier alpha value is -1.79. The fourth-order valence-corrected chi connectivity index (χ4v) is 3.18. The minimum Gasteiger partial charge on any atom is -0.387 e. The summed E-state index contributed by atoms with van der Waals surface area (Å²) in [7, 11) is 2.07. The highest BCUT2D eigenvalue weighted by Crippen LogP contribution is 2.29. The molecule has 3 N–H and O–H groups in total. The van der Waals surface area contributed by atoms with Crippen molar-refractivity contribution >= 4 is 11.7 Å². The van der Waals surface area contributed by atoms with E-state index in [1.807, 2.05) is 18.2 Å². The topological polar surface area (TPSA) is 73.8 Å². The normalized spacial score (nSPS) is 19.3. The highest BCUT2D eigenvalue weighted by atomic mass is 16.5. The summed E-state index contributed by atoms with van der Waals surface area (Å²) in [6.45, 7) is 2.61. The predicted octanol–water partition coefficient (Wildman–Crippen LogP) is 1.19. The molecule has 2 aliphatic rings. The zero-order valence-corrected chi connectivity index (χ0v) is 13.5. The summed E-state index contributed by atoms with van der Waals surface area (Å²) in [5.74, 6) is 0. The number of carbonyl (C=O) groups excluding carboxylic acids is 1. The Bertz CT molecular complexity index is 558. The summed E-state index contributed by atoms with van der Waals surface area (Å²) in [5.41, 5.74) is 3.34. The van der Waals surface area contributed by atoms with Crippen molar-refractivity contribution in [3.63, 3.8) is 0 Å². The van der Waals surface area contributed by atoms with E-state index in [2.05, 4.69) is 22.6 Å². The Morgan fingerprint density at radius 1 is 1.43 bits per heavy atom. The van der Waals surface area contributed by atoms with Crippen molar-refractivity contribution in [2.45, 2.75) is 31.4 Å². The summed E-state index contributed by atoms with van der Waals surface area (Å²) in [4.78, 5) is 14.1. The van der Waals surface area contributed by atoms with Crippen LogP contribution in [0.2, 0.25) is 0 Å². The first-order chi connectivity index (χ1) is 11.1. The number of hydrogen-bond acceptors (Lipinski definition) is 4. The molecule has 0 aliphatic carbocycles. The minimum absolute atomic E-state index is 0.163. The molecule has 1 saturated heterocycles. The van der Waals surface area contributed by atoms with Crippen molar-refractivity contribution in [1.29, 1.82) is 0 Å². The lowest BCUT2D eigenvalue weighted by Crippen LogP contribution is -2.45. The van der Waals surface area contributed by atoms with Crippen LogP contribution in [0, 0.1) is 0 Å². The number of nitrogens with zero attached hydrogens (tertiary/aromatic N) is 1. The first-order valence-electron chi connectivity index (χ1n) is 8.27. The van der Waals surface area contributed by atoms with Crippen LogP contribution in [-0.4, -0.2) is 50.5 Å². The number of nitrogens with one attached hydrogen (secondary N) is 2. The van der Waals surface area contributed by atoms with E-state index in [1.54, 1.807) is 0 Å². The number of urea groups is 1. The van der Waals surface area contributed by atoms with Gasteiger partial charge in [-0.1, -0.05) is 12.1 Å². The van der Waals surface area contributed by atoms with E-state index in [-0.39, 0.29) is 18.6 Å². The molecule has 0 bridgehead atoms. The van der Waals surface area contributed by atoms with Crippen molar-refractivity contribution in [3.8, 4) is 0 Å². The van der Waals surface area contributed by atoms with Crippen molar-refractivity contribution in [1.82, 2.24) is 10.6 Å². The van der Waals surface area contributed by atoms with Gasteiger partial charge in [-0.05, 0) is 36.5 Å². The van der Waals surface area contributed by atoms with E-state index < -0.39 is 6.10 Å². The molecule has 126 valence electrons. The third-order valence-electron chi connectivity index (χ3n) is 4.63. The number of fused-ring (bicyclic) bond motifs is 1. The third-order valence-corrected chi connectivity index (χ3v) is 4.63. The Kier molecular flexibility index (Phi) is 5.03. The van der Waals surface area contributed by atoms with Gasteiger partial charge in [-0.3, -0.25) is 0 Å². The minimum atomic E-state index is -0.688. The number of rotatable bonds is 4. The molecule has 1 fully saturated rings. The number of hydrogen-bond donors (Lipinski definition) is 3. The molecule has 2 amide bonds. The molecular formula is C17H25N3O3. The zero-order chi connectivity index (χ0) is 16.2. The van der Waals surface area contributed by atoms with Gasteiger partial charge in [0.05, 0.1) is 6.10 Å². The molecule has 0 aromatic heterocycles. The van der Waals surface area contributed by atoms with Gasteiger partial charge in [0.2, 0.25) is 0 Å². The van der Waals surface area contributed by atoms with Gasteiger partial charge in [0.15, 0.2) is 0 Å². The van der Waals surface area contributed by atoms with Gasteiger partial charge in [0, 0.05) is 45.1 Å². The van der Waals surface area contributed by atoms with Gasteiger partial charge in [0.1, 0.15) is 0 Å². The predicted molar refractivity (Wildman–Crippen MR) is 88.8 cm³/mol. The van der Waals surface area contributed by atoms with Gasteiger partial charge >= 0.3 is 6.03 Å². The molecule has 1 unspecified atom stereocenters. The van der Waals surface area contributed by atoms with E-state index in [0.717, 1.165) is 31.4 Å². The number of likely N-dealkylation sites (N-methyl/N-ethyl adjacent to an activating group) is 1. The molecule has 2 aliphatic heterocycles.